The molecule has 23 heavy (non-hydrogen) atoms. The van der Waals surface area contributed by atoms with Crippen LogP contribution >= 0.6 is 11.6 Å². The summed E-state index contributed by atoms with van der Waals surface area (Å²) in [6.45, 7) is 0.801. The fraction of sp³-hybridized carbons (Fsp3) is 0.105. The lowest BCUT2D eigenvalue weighted by Crippen LogP contribution is -1.96. The third kappa shape index (κ3) is 4.31. The maximum atomic E-state index is 10.2. The molecule has 3 aromatic rings. The van der Waals surface area contributed by atoms with E-state index in [-0.39, 0.29) is 0 Å². The van der Waals surface area contributed by atoms with Crippen molar-refractivity contribution >= 4 is 17.7 Å². The van der Waals surface area contributed by atoms with Crippen molar-refractivity contribution in [2.75, 3.05) is 0 Å². The molecule has 2 aromatic carbocycles. The van der Waals surface area contributed by atoms with Crippen molar-refractivity contribution in [3.63, 3.8) is 0 Å². The molecular weight excluding hydrogens is 308 g/mol. The summed E-state index contributed by atoms with van der Waals surface area (Å²) in [6, 6.07) is 15.5. The van der Waals surface area contributed by atoms with E-state index in [1.54, 1.807) is 30.7 Å². The van der Waals surface area contributed by atoms with Crippen molar-refractivity contribution in [1.29, 1.82) is 0 Å². The number of halogens is 1. The minimum absolute atomic E-state index is 0.624. The Bertz CT molecular complexity index is 779. The molecule has 0 fully saturated rings. The summed E-state index contributed by atoms with van der Waals surface area (Å²) in [7, 11) is 0. The summed E-state index contributed by atoms with van der Waals surface area (Å²) in [6.07, 6.45) is 8.52. The predicted molar refractivity (Wildman–Crippen MR) is 93.2 cm³/mol. The van der Waals surface area contributed by atoms with Gasteiger partial charge in [0.1, 0.15) is 0 Å². The minimum atomic E-state index is -0.667. The van der Waals surface area contributed by atoms with Crippen molar-refractivity contribution < 1.29 is 5.11 Å². The van der Waals surface area contributed by atoms with Gasteiger partial charge in [0.25, 0.3) is 0 Å². The summed E-state index contributed by atoms with van der Waals surface area (Å²) >= 11 is 5.94. The molecule has 4 heteroatoms. The fourth-order valence-corrected chi connectivity index (χ4v) is 2.53. The molecule has 0 saturated carbocycles. The lowest BCUT2D eigenvalue weighted by Gasteiger charge is -2.06. The average molecular weight is 325 g/mol. The Hall–Kier alpha value is -2.36. The molecule has 0 radical (unpaired) electrons. The van der Waals surface area contributed by atoms with E-state index in [1.807, 2.05) is 41.1 Å². The molecular formula is C19H17ClN2O. The standard InChI is InChI=1S/C19H17ClN2O/c20-18-3-1-2-17(12-18)19(23)9-8-15-4-6-16(7-5-15)13-22-11-10-21-14-22/h1-12,14,19,23H,13H2/b9-8+. The van der Waals surface area contributed by atoms with Gasteiger partial charge in [0.05, 0.1) is 12.4 Å². The fourth-order valence-electron chi connectivity index (χ4n) is 2.33. The first-order valence-electron chi connectivity index (χ1n) is 7.37. The van der Waals surface area contributed by atoms with E-state index in [0.717, 1.165) is 17.7 Å². The zero-order valence-electron chi connectivity index (χ0n) is 12.5. The van der Waals surface area contributed by atoms with Gasteiger partial charge in [-0.25, -0.2) is 4.98 Å². The molecule has 1 aromatic heterocycles. The van der Waals surface area contributed by atoms with Crippen LogP contribution in [0, 0.1) is 0 Å². The molecule has 116 valence electrons. The number of aliphatic hydroxyl groups excluding tert-OH is 1. The second-order valence-corrected chi connectivity index (χ2v) is 5.77. The number of hydrogen-bond donors (Lipinski definition) is 1. The maximum absolute atomic E-state index is 10.2. The van der Waals surface area contributed by atoms with Gasteiger partial charge in [-0.15, -0.1) is 0 Å². The van der Waals surface area contributed by atoms with E-state index < -0.39 is 6.10 Å². The molecule has 3 nitrogen and oxygen atoms in total. The first-order valence-corrected chi connectivity index (χ1v) is 7.75. The van der Waals surface area contributed by atoms with E-state index in [2.05, 4.69) is 17.1 Å². The van der Waals surface area contributed by atoms with Gasteiger partial charge in [0.15, 0.2) is 0 Å². The summed E-state index contributed by atoms with van der Waals surface area (Å²) in [5.41, 5.74) is 3.03. The SMILES string of the molecule is OC(/C=C/c1ccc(Cn2ccnc2)cc1)c1cccc(Cl)c1. The van der Waals surface area contributed by atoms with Crippen LogP contribution in [-0.4, -0.2) is 14.7 Å². The Morgan fingerprint density at radius 1 is 1.17 bits per heavy atom. The van der Waals surface area contributed by atoms with Crippen LogP contribution in [0.5, 0.6) is 0 Å². The third-order valence-electron chi connectivity index (χ3n) is 3.57. The van der Waals surface area contributed by atoms with Crippen LogP contribution in [0.1, 0.15) is 22.8 Å². The van der Waals surface area contributed by atoms with Crippen LogP contribution in [0.3, 0.4) is 0 Å². The highest BCUT2D eigenvalue weighted by Gasteiger charge is 2.03. The van der Waals surface area contributed by atoms with Crippen molar-refractivity contribution in [3.05, 3.63) is 95.0 Å². The number of imidazole rings is 1. The molecule has 0 saturated heterocycles. The summed E-state index contributed by atoms with van der Waals surface area (Å²) < 4.78 is 2.02. The molecule has 0 aliphatic heterocycles. The Morgan fingerprint density at radius 2 is 2.00 bits per heavy atom. The minimum Gasteiger partial charge on any atom is -0.384 e. The van der Waals surface area contributed by atoms with Crippen LogP contribution < -0.4 is 0 Å². The molecule has 1 unspecified atom stereocenters. The van der Waals surface area contributed by atoms with Crippen molar-refractivity contribution in [3.8, 4) is 0 Å². The number of aliphatic hydroxyl groups is 1. The van der Waals surface area contributed by atoms with Gasteiger partial charge in [0.2, 0.25) is 0 Å². The number of rotatable bonds is 5. The van der Waals surface area contributed by atoms with Crippen LogP contribution in [-0.2, 0) is 6.54 Å². The second kappa shape index (κ2) is 7.27. The van der Waals surface area contributed by atoms with Crippen molar-refractivity contribution in [2.45, 2.75) is 12.6 Å². The molecule has 0 aliphatic rings. The van der Waals surface area contributed by atoms with Crippen LogP contribution in [0.25, 0.3) is 6.08 Å². The molecule has 0 amide bonds. The predicted octanol–water partition coefficient (Wildman–Crippen LogP) is 4.33. The first kappa shape index (κ1) is 15.5. The molecule has 1 heterocycles. The Labute approximate surface area is 140 Å². The lowest BCUT2D eigenvalue weighted by atomic mass is 10.1. The largest absolute Gasteiger partial charge is 0.384 e. The monoisotopic (exact) mass is 324 g/mol. The van der Waals surface area contributed by atoms with Gasteiger partial charge in [-0.1, -0.05) is 60.2 Å². The highest BCUT2D eigenvalue weighted by Crippen LogP contribution is 2.19. The van der Waals surface area contributed by atoms with E-state index in [0.29, 0.717) is 5.02 Å². The first-order chi connectivity index (χ1) is 11.2. The highest BCUT2D eigenvalue weighted by atomic mass is 35.5. The summed E-state index contributed by atoms with van der Waals surface area (Å²) in [4.78, 5) is 4.03. The van der Waals surface area contributed by atoms with Gasteiger partial charge >= 0.3 is 0 Å². The van der Waals surface area contributed by atoms with E-state index in [9.17, 15) is 5.11 Å². The lowest BCUT2D eigenvalue weighted by molar-refractivity contribution is 0.229. The van der Waals surface area contributed by atoms with Gasteiger partial charge in [-0.05, 0) is 28.8 Å². The molecule has 1 atom stereocenters. The van der Waals surface area contributed by atoms with Crippen LogP contribution in [0.4, 0.5) is 0 Å². The molecule has 0 spiro atoms. The average Bonchev–Trinajstić information content (AvgIpc) is 3.07. The molecule has 0 aliphatic carbocycles. The van der Waals surface area contributed by atoms with Crippen molar-refractivity contribution in [1.82, 2.24) is 9.55 Å². The quantitative estimate of drug-likeness (QED) is 0.758. The number of benzene rings is 2. The molecule has 1 N–H and O–H groups in total. The normalized spacial score (nSPS) is 12.6. The van der Waals surface area contributed by atoms with E-state index in [4.69, 9.17) is 11.6 Å². The van der Waals surface area contributed by atoms with E-state index >= 15 is 0 Å². The third-order valence-corrected chi connectivity index (χ3v) is 3.80. The Balaban J connectivity index is 1.65. The summed E-state index contributed by atoms with van der Waals surface area (Å²) in [5.74, 6) is 0. The Kier molecular flexibility index (Phi) is 4.91. The van der Waals surface area contributed by atoms with Gasteiger partial charge < -0.3 is 9.67 Å². The number of nitrogens with zero attached hydrogens (tertiary/aromatic N) is 2. The van der Waals surface area contributed by atoms with Crippen LogP contribution in [0.2, 0.25) is 5.02 Å². The number of hydrogen-bond acceptors (Lipinski definition) is 2. The summed E-state index contributed by atoms with van der Waals surface area (Å²) in [5, 5.41) is 10.8. The molecule has 0 bridgehead atoms. The van der Waals surface area contributed by atoms with Gasteiger partial charge in [-0.3, -0.25) is 0 Å². The topological polar surface area (TPSA) is 38.0 Å². The number of aromatic nitrogens is 2. The maximum Gasteiger partial charge on any atom is 0.0975 e. The second-order valence-electron chi connectivity index (χ2n) is 5.34. The Morgan fingerprint density at radius 3 is 2.70 bits per heavy atom. The van der Waals surface area contributed by atoms with Gasteiger partial charge in [0, 0.05) is 24.0 Å². The van der Waals surface area contributed by atoms with E-state index in [1.165, 1.54) is 5.56 Å². The smallest absolute Gasteiger partial charge is 0.0975 e. The molecule has 3 rings (SSSR count). The van der Waals surface area contributed by atoms with Crippen molar-refractivity contribution in [2.24, 2.45) is 0 Å². The van der Waals surface area contributed by atoms with Gasteiger partial charge in [-0.2, -0.15) is 0 Å². The zero-order chi connectivity index (χ0) is 16.1. The van der Waals surface area contributed by atoms with Crippen LogP contribution in [0.15, 0.2) is 73.3 Å². The highest BCUT2D eigenvalue weighted by molar-refractivity contribution is 6.30. The zero-order valence-corrected chi connectivity index (χ0v) is 13.3.